The van der Waals surface area contributed by atoms with Gasteiger partial charge in [-0.1, -0.05) is 6.07 Å². The summed E-state index contributed by atoms with van der Waals surface area (Å²) in [7, 11) is 0. The Balaban J connectivity index is 2.46. The zero-order valence-corrected chi connectivity index (χ0v) is 6.55. The third kappa shape index (κ3) is 1.21. The van der Waals surface area contributed by atoms with Crippen LogP contribution in [0.5, 0.6) is 0 Å². The Bertz CT molecular complexity index is 301. The fourth-order valence-corrected chi connectivity index (χ4v) is 1.51. The zero-order valence-electron chi connectivity index (χ0n) is 6.55. The van der Waals surface area contributed by atoms with Gasteiger partial charge >= 0.3 is 0 Å². The molecule has 1 heterocycles. The molecule has 1 aromatic rings. The number of rotatable bonds is 0. The third-order valence-corrected chi connectivity index (χ3v) is 2.13. The van der Waals surface area contributed by atoms with Crippen LogP contribution in [0, 0.1) is 5.82 Å². The number of fused-ring (bicyclic) bond motifs is 1. The molecule has 1 aliphatic heterocycles. The normalized spacial score (nSPS) is 22.0. The van der Waals surface area contributed by atoms with E-state index in [1.165, 1.54) is 12.1 Å². The van der Waals surface area contributed by atoms with Crippen molar-refractivity contribution in [2.24, 2.45) is 0 Å². The van der Waals surface area contributed by atoms with Gasteiger partial charge < -0.3 is 5.11 Å². The van der Waals surface area contributed by atoms with Gasteiger partial charge in [-0.05, 0) is 29.7 Å². The summed E-state index contributed by atoms with van der Waals surface area (Å²) in [6.45, 7) is 0.706. The quantitative estimate of drug-likeness (QED) is 0.603. The Labute approximate surface area is 70.0 Å². The molecule has 64 valence electrons. The fourth-order valence-electron chi connectivity index (χ4n) is 1.51. The number of aliphatic hydroxyl groups excluding tert-OH is 1. The van der Waals surface area contributed by atoms with Gasteiger partial charge in [-0.25, -0.2) is 4.39 Å². The summed E-state index contributed by atoms with van der Waals surface area (Å²) in [6.07, 6.45) is 0.152. The van der Waals surface area contributed by atoms with E-state index in [9.17, 15) is 9.50 Å². The van der Waals surface area contributed by atoms with E-state index >= 15 is 0 Å². The van der Waals surface area contributed by atoms with Crippen molar-refractivity contribution in [1.82, 2.24) is 5.32 Å². The Morgan fingerprint density at radius 3 is 3.17 bits per heavy atom. The monoisotopic (exact) mass is 167 g/mol. The molecule has 0 saturated carbocycles. The van der Waals surface area contributed by atoms with Crippen LogP contribution in [0.15, 0.2) is 18.2 Å². The highest BCUT2D eigenvalue weighted by atomic mass is 19.1. The SMILES string of the molecule is OC1NCCc2cc(F)ccc21. The molecule has 1 aromatic carbocycles. The van der Waals surface area contributed by atoms with Gasteiger partial charge in [0.2, 0.25) is 0 Å². The summed E-state index contributed by atoms with van der Waals surface area (Å²) in [4.78, 5) is 0. The third-order valence-electron chi connectivity index (χ3n) is 2.13. The maximum Gasteiger partial charge on any atom is 0.131 e. The molecule has 1 atom stereocenters. The molecular weight excluding hydrogens is 157 g/mol. The second kappa shape index (κ2) is 2.84. The number of hydrogen-bond donors (Lipinski definition) is 2. The highest BCUT2D eigenvalue weighted by molar-refractivity contribution is 5.31. The highest BCUT2D eigenvalue weighted by Crippen LogP contribution is 2.21. The second-order valence-electron chi connectivity index (χ2n) is 2.95. The molecule has 2 nitrogen and oxygen atoms in total. The van der Waals surface area contributed by atoms with Crippen molar-refractivity contribution in [2.75, 3.05) is 6.54 Å². The van der Waals surface area contributed by atoms with Crippen molar-refractivity contribution >= 4 is 0 Å². The van der Waals surface area contributed by atoms with E-state index < -0.39 is 6.23 Å². The predicted molar refractivity (Wildman–Crippen MR) is 43.1 cm³/mol. The van der Waals surface area contributed by atoms with Crippen LogP contribution in [0.2, 0.25) is 0 Å². The lowest BCUT2D eigenvalue weighted by molar-refractivity contribution is 0.132. The molecule has 12 heavy (non-hydrogen) atoms. The van der Waals surface area contributed by atoms with E-state index in [1.54, 1.807) is 6.07 Å². The largest absolute Gasteiger partial charge is 0.374 e. The lowest BCUT2D eigenvalue weighted by Gasteiger charge is -2.22. The summed E-state index contributed by atoms with van der Waals surface area (Å²) >= 11 is 0. The average Bonchev–Trinajstić information content (AvgIpc) is 2.04. The van der Waals surface area contributed by atoms with E-state index in [4.69, 9.17) is 0 Å². The first-order chi connectivity index (χ1) is 5.77. The van der Waals surface area contributed by atoms with Gasteiger partial charge in [0.25, 0.3) is 0 Å². The molecule has 1 aliphatic rings. The van der Waals surface area contributed by atoms with Crippen molar-refractivity contribution < 1.29 is 9.50 Å². The lowest BCUT2D eigenvalue weighted by atomic mass is 10.00. The summed E-state index contributed by atoms with van der Waals surface area (Å²) in [5.74, 6) is -0.233. The number of aliphatic hydroxyl groups is 1. The number of nitrogens with one attached hydrogen (secondary N) is 1. The maximum absolute atomic E-state index is 12.7. The van der Waals surface area contributed by atoms with E-state index in [0.717, 1.165) is 17.5 Å². The second-order valence-corrected chi connectivity index (χ2v) is 2.95. The van der Waals surface area contributed by atoms with Gasteiger partial charge in [0.1, 0.15) is 12.0 Å². The van der Waals surface area contributed by atoms with Crippen LogP contribution in [0.1, 0.15) is 17.4 Å². The highest BCUT2D eigenvalue weighted by Gasteiger charge is 2.16. The molecule has 0 saturated heterocycles. The van der Waals surface area contributed by atoms with Gasteiger partial charge in [-0.3, -0.25) is 5.32 Å². The Morgan fingerprint density at radius 1 is 1.50 bits per heavy atom. The standard InChI is InChI=1S/C9H10FNO/c10-7-1-2-8-6(5-7)3-4-11-9(8)12/h1-2,5,9,11-12H,3-4H2. The molecule has 3 heteroatoms. The molecule has 2 N–H and O–H groups in total. The van der Waals surface area contributed by atoms with E-state index in [2.05, 4.69) is 5.32 Å². The summed E-state index contributed by atoms with van der Waals surface area (Å²) < 4.78 is 12.7. The average molecular weight is 167 g/mol. The zero-order chi connectivity index (χ0) is 8.55. The molecular formula is C9H10FNO. The first-order valence-electron chi connectivity index (χ1n) is 3.97. The summed E-state index contributed by atoms with van der Waals surface area (Å²) in [5.41, 5.74) is 1.70. The van der Waals surface area contributed by atoms with E-state index in [-0.39, 0.29) is 5.82 Å². The molecule has 1 unspecified atom stereocenters. The first-order valence-corrected chi connectivity index (χ1v) is 3.97. The maximum atomic E-state index is 12.7. The van der Waals surface area contributed by atoms with Crippen LogP contribution >= 0.6 is 0 Å². The first kappa shape index (κ1) is 7.71. The van der Waals surface area contributed by atoms with Crippen LogP contribution in [-0.4, -0.2) is 11.7 Å². The minimum Gasteiger partial charge on any atom is -0.374 e. The van der Waals surface area contributed by atoms with Gasteiger partial charge in [0.15, 0.2) is 0 Å². The lowest BCUT2D eigenvalue weighted by Crippen LogP contribution is -2.29. The molecule has 0 spiro atoms. The fraction of sp³-hybridized carbons (Fsp3) is 0.333. The van der Waals surface area contributed by atoms with Gasteiger partial charge in [0.05, 0.1) is 0 Å². The number of hydrogen-bond acceptors (Lipinski definition) is 2. The van der Waals surface area contributed by atoms with Crippen LogP contribution in [0.25, 0.3) is 0 Å². The van der Waals surface area contributed by atoms with Crippen LogP contribution in [0.3, 0.4) is 0 Å². The smallest absolute Gasteiger partial charge is 0.131 e. The molecule has 0 bridgehead atoms. The van der Waals surface area contributed by atoms with Gasteiger partial charge in [-0.2, -0.15) is 0 Å². The topological polar surface area (TPSA) is 32.3 Å². The van der Waals surface area contributed by atoms with Crippen molar-refractivity contribution in [2.45, 2.75) is 12.6 Å². The molecule has 0 amide bonds. The van der Waals surface area contributed by atoms with Crippen molar-refractivity contribution in [3.05, 3.63) is 35.1 Å². The number of halogens is 1. The van der Waals surface area contributed by atoms with Crippen molar-refractivity contribution in [1.29, 1.82) is 0 Å². The van der Waals surface area contributed by atoms with Crippen LogP contribution < -0.4 is 5.32 Å². The minimum atomic E-state index is -0.630. The molecule has 0 aliphatic carbocycles. The van der Waals surface area contributed by atoms with Gasteiger partial charge in [-0.15, -0.1) is 0 Å². The summed E-state index contributed by atoms with van der Waals surface area (Å²) in [5, 5.41) is 12.3. The Morgan fingerprint density at radius 2 is 2.33 bits per heavy atom. The minimum absolute atomic E-state index is 0.233. The Kier molecular flexibility index (Phi) is 1.83. The van der Waals surface area contributed by atoms with Crippen molar-refractivity contribution in [3.8, 4) is 0 Å². The number of benzene rings is 1. The van der Waals surface area contributed by atoms with Crippen molar-refractivity contribution in [3.63, 3.8) is 0 Å². The predicted octanol–water partition coefficient (Wildman–Crippen LogP) is 0.962. The molecule has 0 fully saturated rings. The summed E-state index contributed by atoms with van der Waals surface area (Å²) in [6, 6.07) is 4.48. The molecule has 2 rings (SSSR count). The van der Waals surface area contributed by atoms with Crippen LogP contribution in [0.4, 0.5) is 4.39 Å². The van der Waals surface area contributed by atoms with E-state index in [0.29, 0.717) is 6.54 Å². The van der Waals surface area contributed by atoms with Gasteiger partial charge in [0, 0.05) is 6.54 Å². The van der Waals surface area contributed by atoms with E-state index in [1.807, 2.05) is 0 Å². The Hall–Kier alpha value is -0.930. The van der Waals surface area contributed by atoms with Crippen LogP contribution in [-0.2, 0) is 6.42 Å². The molecule has 0 aromatic heterocycles. The molecule has 0 radical (unpaired) electrons.